The lowest BCUT2D eigenvalue weighted by Crippen LogP contribution is -2.46. The number of aryl methyl sites for hydroxylation is 1. The van der Waals surface area contributed by atoms with Gasteiger partial charge in [0.15, 0.2) is 0 Å². The largest absolute Gasteiger partial charge is 0.490 e. The first kappa shape index (κ1) is 20.1. The van der Waals surface area contributed by atoms with Gasteiger partial charge in [-0.2, -0.15) is 13.2 Å². The molecular formula is C20H21F3N2O3. The Hall–Kier alpha value is -2.61. The number of carbonyl (C=O) groups is 1. The number of esters is 1. The molecule has 1 aromatic heterocycles. The van der Waals surface area contributed by atoms with Crippen molar-refractivity contribution >= 4 is 5.97 Å². The normalized spacial score (nSPS) is 16.3. The number of carbonyl (C=O) groups excluding carboxylic acids is 1. The number of pyridine rings is 1. The Bertz CT molecular complexity index is 807. The average molecular weight is 394 g/mol. The van der Waals surface area contributed by atoms with Crippen molar-refractivity contribution < 1.29 is 27.4 Å². The maximum absolute atomic E-state index is 12.2. The maximum Gasteiger partial charge on any atom is 0.490 e. The van der Waals surface area contributed by atoms with Crippen LogP contribution >= 0.6 is 0 Å². The van der Waals surface area contributed by atoms with Crippen molar-refractivity contribution in [1.82, 2.24) is 10.3 Å². The molecule has 0 radical (unpaired) electrons. The summed E-state index contributed by atoms with van der Waals surface area (Å²) >= 11 is 0. The Balaban J connectivity index is 1.60. The fourth-order valence-corrected chi connectivity index (χ4v) is 2.86. The van der Waals surface area contributed by atoms with E-state index in [4.69, 9.17) is 4.74 Å². The molecule has 1 saturated heterocycles. The number of nitrogens with one attached hydrogen (secondary N) is 1. The summed E-state index contributed by atoms with van der Waals surface area (Å²) in [5.74, 6) is -1.49. The second-order valence-corrected chi connectivity index (χ2v) is 6.55. The highest BCUT2D eigenvalue weighted by Gasteiger charge is 2.40. The first-order chi connectivity index (χ1) is 13.4. The summed E-state index contributed by atoms with van der Waals surface area (Å²) in [6.45, 7) is 1.30. The average Bonchev–Trinajstić information content (AvgIpc) is 2.63. The molecule has 8 heteroatoms. The molecular weight excluding hydrogens is 373 g/mol. The minimum atomic E-state index is -4.96. The van der Waals surface area contributed by atoms with Crippen LogP contribution in [0.1, 0.15) is 18.4 Å². The Morgan fingerprint density at radius 2 is 2.04 bits per heavy atom. The van der Waals surface area contributed by atoms with Crippen LogP contribution in [0, 0.1) is 0 Å². The van der Waals surface area contributed by atoms with E-state index in [1.807, 2.05) is 30.3 Å². The molecule has 1 aromatic carbocycles. The fraction of sp³-hybridized carbons (Fsp3) is 0.400. The summed E-state index contributed by atoms with van der Waals surface area (Å²) < 4.78 is 46.5. The lowest BCUT2D eigenvalue weighted by atomic mass is 9.98. The van der Waals surface area contributed by atoms with Gasteiger partial charge in [-0.3, -0.25) is 4.98 Å². The molecule has 1 fully saturated rings. The van der Waals surface area contributed by atoms with Gasteiger partial charge in [-0.25, -0.2) is 4.79 Å². The van der Waals surface area contributed by atoms with Crippen LogP contribution < -0.4 is 10.1 Å². The molecule has 0 spiro atoms. The van der Waals surface area contributed by atoms with Crippen molar-refractivity contribution in [3.05, 3.63) is 48.3 Å². The summed E-state index contributed by atoms with van der Waals surface area (Å²) in [5.41, 5.74) is 2.72. The monoisotopic (exact) mass is 394 g/mol. The summed E-state index contributed by atoms with van der Waals surface area (Å²) in [5, 5.41) is 3.27. The Morgan fingerprint density at radius 3 is 2.75 bits per heavy atom. The first-order valence-electron chi connectivity index (χ1n) is 9.07. The number of aromatic nitrogens is 1. The first-order valence-corrected chi connectivity index (χ1v) is 9.07. The van der Waals surface area contributed by atoms with E-state index in [9.17, 15) is 18.0 Å². The van der Waals surface area contributed by atoms with Crippen LogP contribution in [-0.4, -0.2) is 42.9 Å². The standard InChI is InChI=1S/C20H21F3N2O3/c21-20(22,23)19(26)27-9-3-5-14-4-1-2-6-18(14)15-10-17(12-24-11-15)28-13-16-7-8-25-16/h1-2,4,6,10-12,16,25H,3,5,7-9,13H2/t16-/m0/s1. The molecule has 0 amide bonds. The van der Waals surface area contributed by atoms with Crippen LogP contribution in [0.15, 0.2) is 42.7 Å². The fourth-order valence-electron chi connectivity index (χ4n) is 2.86. The Labute approximate surface area is 160 Å². The number of hydrogen-bond acceptors (Lipinski definition) is 5. The van der Waals surface area contributed by atoms with Gasteiger partial charge in [0, 0.05) is 17.8 Å². The third kappa shape index (κ3) is 5.45. The molecule has 1 atom stereocenters. The van der Waals surface area contributed by atoms with E-state index in [0.717, 1.165) is 29.7 Å². The quantitative estimate of drug-likeness (QED) is 0.548. The summed E-state index contributed by atoms with van der Waals surface area (Å²) in [4.78, 5) is 15.0. The van der Waals surface area contributed by atoms with Crippen LogP contribution in [0.3, 0.4) is 0 Å². The van der Waals surface area contributed by atoms with Gasteiger partial charge < -0.3 is 14.8 Å². The van der Waals surface area contributed by atoms with Gasteiger partial charge in [-0.1, -0.05) is 24.3 Å². The van der Waals surface area contributed by atoms with E-state index in [2.05, 4.69) is 15.0 Å². The van der Waals surface area contributed by atoms with Gasteiger partial charge in [0.25, 0.3) is 0 Å². The van der Waals surface area contributed by atoms with E-state index in [1.54, 1.807) is 12.4 Å². The zero-order valence-electron chi connectivity index (χ0n) is 15.2. The van der Waals surface area contributed by atoms with Crippen molar-refractivity contribution in [3.63, 3.8) is 0 Å². The highest BCUT2D eigenvalue weighted by molar-refractivity contribution is 5.75. The molecule has 150 valence electrons. The molecule has 3 rings (SSSR count). The zero-order chi connectivity index (χ0) is 20.0. The van der Waals surface area contributed by atoms with E-state index in [1.165, 1.54) is 0 Å². The van der Waals surface area contributed by atoms with E-state index in [0.29, 0.717) is 24.8 Å². The van der Waals surface area contributed by atoms with Crippen molar-refractivity contribution in [2.45, 2.75) is 31.5 Å². The summed E-state index contributed by atoms with van der Waals surface area (Å²) in [7, 11) is 0. The lowest BCUT2D eigenvalue weighted by molar-refractivity contribution is -0.199. The minimum absolute atomic E-state index is 0.288. The highest BCUT2D eigenvalue weighted by atomic mass is 19.4. The molecule has 0 unspecified atom stereocenters. The number of ether oxygens (including phenoxy) is 2. The smallest absolute Gasteiger partial charge is 0.490 e. The second-order valence-electron chi connectivity index (χ2n) is 6.55. The van der Waals surface area contributed by atoms with Crippen molar-refractivity contribution in [1.29, 1.82) is 0 Å². The third-order valence-corrected chi connectivity index (χ3v) is 4.47. The number of alkyl halides is 3. The maximum atomic E-state index is 12.2. The van der Waals surface area contributed by atoms with Gasteiger partial charge >= 0.3 is 12.1 Å². The van der Waals surface area contributed by atoms with Crippen LogP contribution in [0.5, 0.6) is 5.75 Å². The molecule has 5 nitrogen and oxygen atoms in total. The predicted molar refractivity (Wildman–Crippen MR) is 96.9 cm³/mol. The number of rotatable bonds is 8. The molecule has 28 heavy (non-hydrogen) atoms. The van der Waals surface area contributed by atoms with Crippen LogP contribution in [0.4, 0.5) is 13.2 Å². The molecule has 1 N–H and O–H groups in total. The molecule has 2 heterocycles. The molecule has 0 bridgehead atoms. The van der Waals surface area contributed by atoms with Gasteiger partial charge in [0.1, 0.15) is 12.4 Å². The lowest BCUT2D eigenvalue weighted by Gasteiger charge is -2.27. The van der Waals surface area contributed by atoms with Crippen molar-refractivity contribution in [2.24, 2.45) is 0 Å². The second kappa shape index (κ2) is 9.05. The number of nitrogens with zero attached hydrogens (tertiary/aromatic N) is 1. The third-order valence-electron chi connectivity index (χ3n) is 4.47. The van der Waals surface area contributed by atoms with Crippen molar-refractivity contribution in [3.8, 4) is 16.9 Å². The van der Waals surface area contributed by atoms with Crippen LogP contribution in [0.25, 0.3) is 11.1 Å². The molecule has 2 aromatic rings. The SMILES string of the molecule is O=C(OCCCc1ccccc1-c1cncc(OC[C@@H]2CCN2)c1)C(F)(F)F. The molecule has 1 aliphatic heterocycles. The molecule has 0 aliphatic carbocycles. The number of halogens is 3. The zero-order valence-corrected chi connectivity index (χ0v) is 15.2. The van der Waals surface area contributed by atoms with E-state index < -0.39 is 12.1 Å². The van der Waals surface area contributed by atoms with Crippen LogP contribution in [-0.2, 0) is 16.0 Å². The van der Waals surface area contributed by atoms with Gasteiger partial charge in [-0.15, -0.1) is 0 Å². The van der Waals surface area contributed by atoms with Gasteiger partial charge in [0.2, 0.25) is 0 Å². The minimum Gasteiger partial charge on any atom is -0.490 e. The molecule has 1 aliphatic rings. The molecule has 0 saturated carbocycles. The van der Waals surface area contributed by atoms with Crippen molar-refractivity contribution in [2.75, 3.05) is 19.8 Å². The summed E-state index contributed by atoms with van der Waals surface area (Å²) in [6, 6.07) is 9.83. The predicted octanol–water partition coefficient (Wildman–Crippen LogP) is 3.53. The number of benzene rings is 1. The Morgan fingerprint density at radius 1 is 1.25 bits per heavy atom. The topological polar surface area (TPSA) is 60.5 Å². The van der Waals surface area contributed by atoms with Gasteiger partial charge in [0.05, 0.1) is 12.8 Å². The summed E-state index contributed by atoms with van der Waals surface area (Å²) in [6.07, 6.45) is 0.264. The van der Waals surface area contributed by atoms with E-state index >= 15 is 0 Å². The van der Waals surface area contributed by atoms with Crippen LogP contribution in [0.2, 0.25) is 0 Å². The Kier molecular flexibility index (Phi) is 6.51. The highest BCUT2D eigenvalue weighted by Crippen LogP contribution is 2.27. The van der Waals surface area contributed by atoms with Gasteiger partial charge in [-0.05, 0) is 43.0 Å². The van der Waals surface area contributed by atoms with E-state index in [-0.39, 0.29) is 13.0 Å². The number of hydrogen-bond donors (Lipinski definition) is 1.